The summed E-state index contributed by atoms with van der Waals surface area (Å²) >= 11 is 3.26. The second-order valence-electron chi connectivity index (χ2n) is 4.25. The molecular weight excluding hydrogens is 304 g/mol. The van der Waals surface area contributed by atoms with Crippen LogP contribution >= 0.6 is 15.9 Å². The quantitative estimate of drug-likeness (QED) is 0.809. The average Bonchev–Trinajstić information content (AvgIpc) is 2.46. The molecule has 1 heterocycles. The molecule has 1 aromatic carbocycles. The summed E-state index contributed by atoms with van der Waals surface area (Å²) < 4.78 is 0.721. The highest BCUT2D eigenvalue weighted by Gasteiger charge is 2.13. The van der Waals surface area contributed by atoms with Gasteiger partial charge in [0.15, 0.2) is 0 Å². The monoisotopic (exact) mass is 318 g/mol. The first-order valence-corrected chi connectivity index (χ1v) is 6.89. The third kappa shape index (κ3) is 3.20. The van der Waals surface area contributed by atoms with Gasteiger partial charge in [-0.3, -0.25) is 4.79 Å². The van der Waals surface area contributed by atoms with Crippen LogP contribution in [0.25, 0.3) is 0 Å². The van der Waals surface area contributed by atoms with Gasteiger partial charge in [0.1, 0.15) is 4.60 Å². The van der Waals surface area contributed by atoms with Crippen LogP contribution in [0.5, 0.6) is 0 Å². The zero-order chi connectivity index (χ0) is 13.8. The van der Waals surface area contributed by atoms with Crippen LogP contribution in [0.4, 0.5) is 5.69 Å². The average molecular weight is 319 g/mol. The molecule has 0 N–H and O–H groups in total. The number of hydrogen-bond acceptors (Lipinski definition) is 2. The van der Waals surface area contributed by atoms with Gasteiger partial charge >= 0.3 is 0 Å². The van der Waals surface area contributed by atoms with E-state index in [0.29, 0.717) is 5.56 Å². The lowest BCUT2D eigenvalue weighted by molar-refractivity contribution is 0.0992. The number of nitrogens with zero attached hydrogens (tertiary/aromatic N) is 2. The van der Waals surface area contributed by atoms with Crippen LogP contribution < -0.4 is 4.90 Å². The van der Waals surface area contributed by atoms with Crippen molar-refractivity contribution in [3.63, 3.8) is 0 Å². The van der Waals surface area contributed by atoms with E-state index < -0.39 is 0 Å². The molecule has 0 aliphatic carbocycles. The number of hydrogen-bond donors (Lipinski definition) is 0. The molecule has 4 heteroatoms. The number of benzene rings is 1. The molecular formula is C15H15BrN2O. The Labute approximate surface area is 121 Å². The van der Waals surface area contributed by atoms with Gasteiger partial charge in [0, 0.05) is 18.9 Å². The van der Waals surface area contributed by atoms with E-state index in [1.807, 2.05) is 24.3 Å². The summed E-state index contributed by atoms with van der Waals surface area (Å²) in [7, 11) is 1.77. The van der Waals surface area contributed by atoms with Crippen molar-refractivity contribution >= 4 is 27.5 Å². The standard InChI is InChI=1S/C15H15BrN2O/c1-3-11-4-7-13(8-5-11)18(2)15(19)12-6-9-14(16)17-10-12/h4-10H,3H2,1-2H3. The fourth-order valence-corrected chi connectivity index (χ4v) is 2.00. The van der Waals surface area contributed by atoms with Gasteiger partial charge in [-0.05, 0) is 52.2 Å². The Kier molecular flexibility index (Phi) is 4.32. The summed E-state index contributed by atoms with van der Waals surface area (Å²) in [4.78, 5) is 18.0. The van der Waals surface area contributed by atoms with Crippen LogP contribution in [0.15, 0.2) is 47.2 Å². The topological polar surface area (TPSA) is 33.2 Å². The first-order valence-electron chi connectivity index (χ1n) is 6.10. The number of aryl methyl sites for hydroxylation is 1. The first-order chi connectivity index (χ1) is 9.11. The van der Waals surface area contributed by atoms with Gasteiger partial charge in [-0.2, -0.15) is 0 Å². The molecule has 0 spiro atoms. The molecule has 2 rings (SSSR count). The maximum Gasteiger partial charge on any atom is 0.259 e. The molecule has 1 aromatic heterocycles. The third-order valence-corrected chi connectivity index (χ3v) is 3.48. The minimum absolute atomic E-state index is 0.0655. The highest BCUT2D eigenvalue weighted by atomic mass is 79.9. The van der Waals surface area contributed by atoms with Gasteiger partial charge in [0.05, 0.1) is 5.56 Å². The normalized spacial score (nSPS) is 10.3. The van der Waals surface area contributed by atoms with E-state index in [1.54, 1.807) is 30.3 Å². The SMILES string of the molecule is CCc1ccc(N(C)C(=O)c2ccc(Br)nc2)cc1. The lowest BCUT2D eigenvalue weighted by Crippen LogP contribution is -2.26. The molecule has 0 aliphatic heterocycles. The van der Waals surface area contributed by atoms with Crippen molar-refractivity contribution in [2.24, 2.45) is 0 Å². The maximum atomic E-state index is 12.3. The smallest absolute Gasteiger partial charge is 0.259 e. The van der Waals surface area contributed by atoms with E-state index in [4.69, 9.17) is 0 Å². The first kappa shape index (κ1) is 13.7. The van der Waals surface area contributed by atoms with E-state index in [-0.39, 0.29) is 5.91 Å². The molecule has 3 nitrogen and oxygen atoms in total. The van der Waals surface area contributed by atoms with E-state index >= 15 is 0 Å². The summed E-state index contributed by atoms with van der Waals surface area (Å²) in [5.74, 6) is -0.0655. The molecule has 2 aromatic rings. The van der Waals surface area contributed by atoms with Crippen molar-refractivity contribution in [2.75, 3.05) is 11.9 Å². The van der Waals surface area contributed by atoms with Crippen molar-refractivity contribution < 1.29 is 4.79 Å². The number of aromatic nitrogens is 1. The molecule has 1 amide bonds. The van der Waals surface area contributed by atoms with E-state index in [0.717, 1.165) is 16.7 Å². The lowest BCUT2D eigenvalue weighted by Gasteiger charge is -2.17. The molecule has 0 fully saturated rings. The molecule has 98 valence electrons. The summed E-state index contributed by atoms with van der Waals surface area (Å²) in [5, 5.41) is 0. The van der Waals surface area contributed by atoms with Crippen LogP contribution in [0, 0.1) is 0 Å². The Morgan fingerprint density at radius 3 is 2.42 bits per heavy atom. The van der Waals surface area contributed by atoms with Crippen LogP contribution in [0.3, 0.4) is 0 Å². The van der Waals surface area contributed by atoms with Crippen molar-refractivity contribution in [1.82, 2.24) is 4.98 Å². The number of carbonyl (C=O) groups is 1. The molecule has 0 radical (unpaired) electrons. The zero-order valence-corrected chi connectivity index (χ0v) is 12.5. The number of halogens is 1. The highest BCUT2D eigenvalue weighted by Crippen LogP contribution is 2.17. The number of anilines is 1. The highest BCUT2D eigenvalue weighted by molar-refractivity contribution is 9.10. The Morgan fingerprint density at radius 2 is 1.89 bits per heavy atom. The predicted molar refractivity (Wildman–Crippen MR) is 80.5 cm³/mol. The largest absolute Gasteiger partial charge is 0.311 e. The van der Waals surface area contributed by atoms with E-state index in [2.05, 4.69) is 27.8 Å². The van der Waals surface area contributed by atoms with Gasteiger partial charge < -0.3 is 4.90 Å². The Morgan fingerprint density at radius 1 is 1.21 bits per heavy atom. The van der Waals surface area contributed by atoms with Crippen molar-refractivity contribution in [3.05, 3.63) is 58.3 Å². The van der Waals surface area contributed by atoms with E-state index in [9.17, 15) is 4.79 Å². The predicted octanol–water partition coefficient (Wildman–Crippen LogP) is 3.68. The summed E-state index contributed by atoms with van der Waals surface area (Å²) in [6.07, 6.45) is 2.57. The Bertz CT molecular complexity index is 564. The van der Waals surface area contributed by atoms with Crippen LogP contribution in [0.2, 0.25) is 0 Å². The van der Waals surface area contributed by atoms with Crippen LogP contribution in [-0.2, 0) is 6.42 Å². The third-order valence-electron chi connectivity index (χ3n) is 3.01. The van der Waals surface area contributed by atoms with E-state index in [1.165, 1.54) is 5.56 Å². The fraction of sp³-hybridized carbons (Fsp3) is 0.200. The Hall–Kier alpha value is -1.68. The second kappa shape index (κ2) is 5.97. The van der Waals surface area contributed by atoms with Gasteiger partial charge in [-0.1, -0.05) is 19.1 Å². The molecule has 0 atom stereocenters. The van der Waals surface area contributed by atoms with Gasteiger partial charge in [0.2, 0.25) is 0 Å². The molecule has 0 saturated heterocycles. The number of pyridine rings is 1. The molecule has 0 saturated carbocycles. The summed E-state index contributed by atoms with van der Waals surface area (Å²) in [6, 6.07) is 11.5. The van der Waals surface area contributed by atoms with Crippen LogP contribution in [-0.4, -0.2) is 17.9 Å². The van der Waals surface area contributed by atoms with Gasteiger partial charge in [-0.25, -0.2) is 4.98 Å². The number of carbonyl (C=O) groups excluding carboxylic acids is 1. The molecule has 19 heavy (non-hydrogen) atoms. The Balaban J connectivity index is 2.20. The zero-order valence-electron chi connectivity index (χ0n) is 10.9. The minimum Gasteiger partial charge on any atom is -0.311 e. The fourth-order valence-electron chi connectivity index (χ4n) is 1.77. The maximum absolute atomic E-state index is 12.3. The van der Waals surface area contributed by atoms with Crippen molar-refractivity contribution in [2.45, 2.75) is 13.3 Å². The summed E-state index contributed by atoms with van der Waals surface area (Å²) in [6.45, 7) is 2.11. The number of rotatable bonds is 3. The number of amides is 1. The molecule has 0 unspecified atom stereocenters. The lowest BCUT2D eigenvalue weighted by atomic mass is 10.1. The minimum atomic E-state index is -0.0655. The molecule has 0 aliphatic rings. The van der Waals surface area contributed by atoms with Crippen molar-refractivity contribution in [3.8, 4) is 0 Å². The molecule has 0 bridgehead atoms. The second-order valence-corrected chi connectivity index (χ2v) is 5.07. The van der Waals surface area contributed by atoms with Gasteiger partial charge in [0.25, 0.3) is 5.91 Å². The van der Waals surface area contributed by atoms with Gasteiger partial charge in [-0.15, -0.1) is 0 Å². The summed E-state index contributed by atoms with van der Waals surface area (Å²) in [5.41, 5.74) is 2.71. The van der Waals surface area contributed by atoms with Crippen molar-refractivity contribution in [1.29, 1.82) is 0 Å². The van der Waals surface area contributed by atoms with Crippen LogP contribution in [0.1, 0.15) is 22.8 Å².